The highest BCUT2D eigenvalue weighted by Crippen LogP contribution is 2.38. The number of thiophene rings is 1. The molecule has 1 amide bonds. The van der Waals surface area contributed by atoms with Crippen molar-refractivity contribution < 1.29 is 4.79 Å². The van der Waals surface area contributed by atoms with Gasteiger partial charge in [-0.25, -0.2) is 0 Å². The normalized spacial score (nSPS) is 18.2. The van der Waals surface area contributed by atoms with E-state index in [2.05, 4.69) is 30.5 Å². The van der Waals surface area contributed by atoms with Crippen LogP contribution in [0.2, 0.25) is 0 Å². The highest BCUT2D eigenvalue weighted by Gasteiger charge is 2.32. The SMILES string of the molecule is CC/C=C(\C)C(=O)N1CCc2sccc2C1c1ccccc1. The summed E-state index contributed by atoms with van der Waals surface area (Å²) in [7, 11) is 0. The minimum Gasteiger partial charge on any atom is -0.327 e. The van der Waals surface area contributed by atoms with Gasteiger partial charge in [-0.05, 0) is 42.3 Å². The number of hydrogen-bond donors (Lipinski definition) is 0. The number of carbonyl (C=O) groups excluding carboxylic acids is 1. The maximum absolute atomic E-state index is 12.9. The monoisotopic (exact) mass is 311 g/mol. The predicted molar refractivity (Wildman–Crippen MR) is 92.1 cm³/mol. The summed E-state index contributed by atoms with van der Waals surface area (Å²) in [5.74, 6) is 0.160. The van der Waals surface area contributed by atoms with E-state index >= 15 is 0 Å². The molecule has 0 spiro atoms. The number of hydrogen-bond acceptors (Lipinski definition) is 2. The molecule has 22 heavy (non-hydrogen) atoms. The second kappa shape index (κ2) is 6.49. The third-order valence-corrected chi connectivity index (χ3v) is 5.19. The molecule has 0 saturated carbocycles. The summed E-state index contributed by atoms with van der Waals surface area (Å²) in [4.78, 5) is 16.3. The van der Waals surface area contributed by atoms with E-state index in [1.165, 1.54) is 16.0 Å². The topological polar surface area (TPSA) is 20.3 Å². The van der Waals surface area contributed by atoms with E-state index in [1.807, 2.05) is 36.1 Å². The highest BCUT2D eigenvalue weighted by molar-refractivity contribution is 7.10. The third kappa shape index (κ3) is 2.73. The van der Waals surface area contributed by atoms with Crippen LogP contribution in [0.25, 0.3) is 0 Å². The molecule has 0 N–H and O–H groups in total. The van der Waals surface area contributed by atoms with Gasteiger partial charge in [0.2, 0.25) is 5.91 Å². The number of allylic oxidation sites excluding steroid dienone is 1. The van der Waals surface area contributed by atoms with E-state index in [0.717, 1.165) is 25.0 Å². The van der Waals surface area contributed by atoms with Crippen molar-refractivity contribution in [1.29, 1.82) is 0 Å². The van der Waals surface area contributed by atoms with Crippen molar-refractivity contribution in [3.8, 4) is 0 Å². The van der Waals surface area contributed by atoms with Crippen LogP contribution in [-0.4, -0.2) is 17.4 Å². The van der Waals surface area contributed by atoms with Gasteiger partial charge >= 0.3 is 0 Å². The Labute approximate surface area is 136 Å². The molecule has 2 aromatic rings. The molecular weight excluding hydrogens is 290 g/mol. The smallest absolute Gasteiger partial charge is 0.249 e. The van der Waals surface area contributed by atoms with E-state index in [9.17, 15) is 4.79 Å². The van der Waals surface area contributed by atoms with Crippen LogP contribution < -0.4 is 0 Å². The van der Waals surface area contributed by atoms with Crippen molar-refractivity contribution >= 4 is 17.2 Å². The average molecular weight is 311 g/mol. The molecule has 0 bridgehead atoms. The maximum Gasteiger partial charge on any atom is 0.249 e. The fraction of sp³-hybridized carbons (Fsp3) is 0.316. The van der Waals surface area contributed by atoms with Crippen molar-refractivity contribution in [2.75, 3.05) is 6.54 Å². The molecule has 0 saturated heterocycles. The van der Waals surface area contributed by atoms with Crippen LogP contribution in [0.3, 0.4) is 0 Å². The van der Waals surface area contributed by atoms with Crippen LogP contribution in [-0.2, 0) is 11.2 Å². The van der Waals surface area contributed by atoms with Gasteiger partial charge in [-0.3, -0.25) is 4.79 Å². The lowest BCUT2D eigenvalue weighted by Crippen LogP contribution is -2.40. The molecule has 0 fully saturated rings. The molecule has 1 aliphatic rings. The Balaban J connectivity index is 2.03. The predicted octanol–water partition coefficient (Wildman–Crippen LogP) is 4.58. The molecule has 1 atom stereocenters. The van der Waals surface area contributed by atoms with Gasteiger partial charge in [-0.15, -0.1) is 11.3 Å². The second-order valence-electron chi connectivity index (χ2n) is 5.66. The first-order valence-electron chi connectivity index (χ1n) is 7.81. The fourth-order valence-corrected chi connectivity index (χ4v) is 4.05. The Morgan fingerprint density at radius 2 is 2.09 bits per heavy atom. The van der Waals surface area contributed by atoms with Gasteiger partial charge in [-0.1, -0.05) is 43.3 Å². The molecular formula is C19H21NOS. The molecule has 0 radical (unpaired) electrons. The van der Waals surface area contributed by atoms with E-state index in [0.29, 0.717) is 0 Å². The van der Waals surface area contributed by atoms with Crippen LogP contribution in [0.1, 0.15) is 42.3 Å². The van der Waals surface area contributed by atoms with Gasteiger partial charge in [0.15, 0.2) is 0 Å². The van der Waals surface area contributed by atoms with Gasteiger partial charge < -0.3 is 4.90 Å². The lowest BCUT2D eigenvalue weighted by atomic mass is 9.92. The molecule has 1 unspecified atom stereocenters. The summed E-state index contributed by atoms with van der Waals surface area (Å²) < 4.78 is 0. The zero-order valence-corrected chi connectivity index (χ0v) is 13.9. The maximum atomic E-state index is 12.9. The second-order valence-corrected chi connectivity index (χ2v) is 6.66. The Morgan fingerprint density at radius 3 is 2.82 bits per heavy atom. The Kier molecular flexibility index (Phi) is 4.44. The molecule has 2 nitrogen and oxygen atoms in total. The molecule has 114 valence electrons. The van der Waals surface area contributed by atoms with Gasteiger partial charge in [-0.2, -0.15) is 0 Å². The van der Waals surface area contributed by atoms with Crippen LogP contribution in [0.4, 0.5) is 0 Å². The Hall–Kier alpha value is -1.87. The van der Waals surface area contributed by atoms with Crippen molar-refractivity contribution in [3.63, 3.8) is 0 Å². The van der Waals surface area contributed by atoms with Crippen LogP contribution in [0.15, 0.2) is 53.4 Å². The van der Waals surface area contributed by atoms with E-state index in [-0.39, 0.29) is 11.9 Å². The lowest BCUT2D eigenvalue weighted by molar-refractivity contribution is -0.129. The largest absolute Gasteiger partial charge is 0.327 e. The zero-order chi connectivity index (χ0) is 15.5. The molecule has 2 heterocycles. The van der Waals surface area contributed by atoms with Crippen molar-refractivity contribution in [2.24, 2.45) is 0 Å². The number of benzene rings is 1. The van der Waals surface area contributed by atoms with E-state index in [4.69, 9.17) is 0 Å². The number of carbonyl (C=O) groups is 1. The van der Waals surface area contributed by atoms with Gasteiger partial charge in [0.25, 0.3) is 0 Å². The zero-order valence-electron chi connectivity index (χ0n) is 13.1. The quantitative estimate of drug-likeness (QED) is 0.760. The molecule has 1 aliphatic heterocycles. The molecule has 3 rings (SSSR count). The Morgan fingerprint density at radius 1 is 1.32 bits per heavy atom. The molecule has 0 aliphatic carbocycles. The van der Waals surface area contributed by atoms with Crippen molar-refractivity contribution in [2.45, 2.75) is 32.7 Å². The van der Waals surface area contributed by atoms with Gasteiger partial charge in [0.1, 0.15) is 0 Å². The van der Waals surface area contributed by atoms with Crippen LogP contribution in [0, 0.1) is 0 Å². The summed E-state index contributed by atoms with van der Waals surface area (Å²) in [5, 5.41) is 2.14. The Bertz CT molecular complexity index is 686. The minimum absolute atomic E-state index is 0.0453. The molecule has 3 heteroatoms. The summed E-state index contributed by atoms with van der Waals surface area (Å²) >= 11 is 1.80. The molecule has 1 aromatic carbocycles. The summed E-state index contributed by atoms with van der Waals surface area (Å²) in [5.41, 5.74) is 3.33. The number of nitrogens with zero attached hydrogens (tertiary/aromatic N) is 1. The van der Waals surface area contributed by atoms with Gasteiger partial charge in [0.05, 0.1) is 6.04 Å². The van der Waals surface area contributed by atoms with E-state index in [1.54, 1.807) is 11.3 Å². The van der Waals surface area contributed by atoms with Crippen LogP contribution >= 0.6 is 11.3 Å². The fourth-order valence-electron chi connectivity index (χ4n) is 3.15. The standard InChI is InChI=1S/C19H21NOS/c1-3-7-14(2)19(21)20-12-10-17-16(11-13-22-17)18(20)15-8-5-4-6-9-15/h4-9,11,13,18H,3,10,12H2,1-2H3/b14-7+. The highest BCUT2D eigenvalue weighted by atomic mass is 32.1. The van der Waals surface area contributed by atoms with Crippen LogP contribution in [0.5, 0.6) is 0 Å². The van der Waals surface area contributed by atoms with Crippen molar-refractivity contribution in [3.05, 3.63) is 69.4 Å². The van der Waals surface area contributed by atoms with E-state index < -0.39 is 0 Å². The average Bonchev–Trinajstić information content (AvgIpc) is 3.02. The number of amides is 1. The molecule has 1 aromatic heterocycles. The minimum atomic E-state index is 0.0453. The van der Waals surface area contributed by atoms with Gasteiger partial charge in [0, 0.05) is 17.0 Å². The third-order valence-electron chi connectivity index (χ3n) is 4.19. The number of rotatable bonds is 3. The lowest BCUT2D eigenvalue weighted by Gasteiger charge is -2.36. The first kappa shape index (κ1) is 15.0. The number of fused-ring (bicyclic) bond motifs is 1. The van der Waals surface area contributed by atoms with Crippen molar-refractivity contribution in [1.82, 2.24) is 4.90 Å². The summed E-state index contributed by atoms with van der Waals surface area (Å²) in [6.07, 6.45) is 3.88. The first-order chi connectivity index (χ1) is 10.7. The summed E-state index contributed by atoms with van der Waals surface area (Å²) in [6.45, 7) is 4.79. The first-order valence-corrected chi connectivity index (χ1v) is 8.69. The summed E-state index contributed by atoms with van der Waals surface area (Å²) in [6, 6.07) is 12.6.